The summed E-state index contributed by atoms with van der Waals surface area (Å²) in [6, 6.07) is 0. The Bertz CT molecular complexity index is 289. The van der Waals surface area contributed by atoms with Crippen LogP contribution < -0.4 is 0 Å². The second-order valence-corrected chi connectivity index (χ2v) is 3.25. The number of hydrogen-bond donors (Lipinski definition) is 0. The molecule has 1 aliphatic rings. The summed E-state index contributed by atoms with van der Waals surface area (Å²) in [7, 11) is 0. The van der Waals surface area contributed by atoms with Crippen molar-refractivity contribution in [3.05, 3.63) is 24.3 Å². The highest BCUT2D eigenvalue weighted by atomic mass is 16.5. The van der Waals surface area contributed by atoms with Crippen molar-refractivity contribution in [3.63, 3.8) is 0 Å². The lowest BCUT2D eigenvalue weighted by Crippen LogP contribution is -2.24. The smallest absolute Gasteiger partial charge is 0.303 e. The van der Waals surface area contributed by atoms with Gasteiger partial charge in [0.25, 0.3) is 0 Å². The third kappa shape index (κ3) is 2.55. The maximum Gasteiger partial charge on any atom is 0.303 e. The molecule has 0 fully saturated rings. The molecule has 0 aromatic heterocycles. The Kier molecular flexibility index (Phi) is 3.63. The van der Waals surface area contributed by atoms with Crippen LogP contribution in [0.2, 0.25) is 0 Å². The van der Waals surface area contributed by atoms with E-state index in [4.69, 9.17) is 4.74 Å². The van der Waals surface area contributed by atoms with Crippen molar-refractivity contribution in [1.82, 2.24) is 0 Å². The molecule has 0 saturated carbocycles. The molecule has 0 spiro atoms. The molecular weight excluding hydrogens is 180 g/mol. The lowest BCUT2D eigenvalue weighted by Gasteiger charge is -2.15. The second kappa shape index (κ2) is 4.74. The van der Waals surface area contributed by atoms with E-state index < -0.39 is 0 Å². The molecule has 3 heteroatoms. The molecule has 0 radical (unpaired) electrons. The van der Waals surface area contributed by atoms with Gasteiger partial charge in [0.05, 0.1) is 5.92 Å². The van der Waals surface area contributed by atoms with Crippen molar-refractivity contribution in [1.29, 1.82) is 0 Å². The Morgan fingerprint density at radius 2 is 2.36 bits per heavy atom. The number of ketones is 1. The molecule has 2 atom stereocenters. The molecule has 76 valence electrons. The lowest BCUT2D eigenvalue weighted by atomic mass is 9.99. The molecule has 0 heterocycles. The minimum Gasteiger partial charge on any atom is -0.458 e. The van der Waals surface area contributed by atoms with Crippen molar-refractivity contribution in [2.45, 2.75) is 26.4 Å². The van der Waals surface area contributed by atoms with Gasteiger partial charge in [0.2, 0.25) is 0 Å². The Hall–Kier alpha value is -1.38. The van der Waals surface area contributed by atoms with Gasteiger partial charge in [-0.25, -0.2) is 0 Å². The van der Waals surface area contributed by atoms with E-state index in [1.165, 1.54) is 13.0 Å². The zero-order chi connectivity index (χ0) is 10.6. The highest BCUT2D eigenvalue weighted by molar-refractivity contribution is 5.95. The van der Waals surface area contributed by atoms with Gasteiger partial charge in [0.1, 0.15) is 6.10 Å². The van der Waals surface area contributed by atoms with Gasteiger partial charge in [-0.3, -0.25) is 9.59 Å². The molecule has 0 amide bonds. The zero-order valence-corrected chi connectivity index (χ0v) is 8.40. The average molecular weight is 194 g/mol. The van der Waals surface area contributed by atoms with Crippen molar-refractivity contribution in [2.24, 2.45) is 5.92 Å². The van der Waals surface area contributed by atoms with Gasteiger partial charge in [0.15, 0.2) is 5.78 Å². The van der Waals surface area contributed by atoms with Gasteiger partial charge in [0, 0.05) is 6.92 Å². The van der Waals surface area contributed by atoms with Crippen LogP contribution in [-0.4, -0.2) is 17.9 Å². The second-order valence-electron chi connectivity index (χ2n) is 3.25. The monoisotopic (exact) mass is 194 g/mol. The fourth-order valence-corrected chi connectivity index (χ4v) is 1.46. The molecule has 14 heavy (non-hydrogen) atoms. The topological polar surface area (TPSA) is 43.4 Å². The molecule has 0 aliphatic heterocycles. The number of allylic oxidation sites excluding steroid dienone is 3. The first kappa shape index (κ1) is 10.7. The summed E-state index contributed by atoms with van der Waals surface area (Å²) in [5.74, 6) is -0.538. The van der Waals surface area contributed by atoms with Crippen molar-refractivity contribution in [2.75, 3.05) is 0 Å². The largest absolute Gasteiger partial charge is 0.458 e. The molecule has 0 aromatic rings. The average Bonchev–Trinajstić information content (AvgIpc) is 2.44. The molecule has 0 saturated heterocycles. The van der Waals surface area contributed by atoms with Crippen LogP contribution in [0.1, 0.15) is 20.3 Å². The molecule has 1 rings (SSSR count). The van der Waals surface area contributed by atoms with Gasteiger partial charge in [-0.2, -0.15) is 0 Å². The third-order valence-electron chi connectivity index (χ3n) is 2.14. The van der Waals surface area contributed by atoms with Gasteiger partial charge >= 0.3 is 5.97 Å². The van der Waals surface area contributed by atoms with Crippen LogP contribution >= 0.6 is 0 Å². The number of carbonyl (C=O) groups is 2. The normalized spacial score (nSPS) is 26.0. The maximum absolute atomic E-state index is 11.4. The number of carbonyl (C=O) groups excluding carboxylic acids is 2. The van der Waals surface area contributed by atoms with Crippen molar-refractivity contribution in [3.8, 4) is 0 Å². The minimum absolute atomic E-state index is 0.0364. The highest BCUT2D eigenvalue weighted by Gasteiger charge is 2.31. The summed E-state index contributed by atoms with van der Waals surface area (Å²) in [5.41, 5.74) is 0. The lowest BCUT2D eigenvalue weighted by molar-refractivity contribution is -0.146. The summed E-state index contributed by atoms with van der Waals surface area (Å²) in [5, 5.41) is 0. The Morgan fingerprint density at radius 1 is 1.64 bits per heavy atom. The first-order valence-corrected chi connectivity index (χ1v) is 4.65. The highest BCUT2D eigenvalue weighted by Crippen LogP contribution is 2.22. The van der Waals surface area contributed by atoms with Crippen LogP contribution in [0.15, 0.2) is 24.3 Å². The maximum atomic E-state index is 11.4. The van der Waals surface area contributed by atoms with E-state index in [0.29, 0.717) is 6.42 Å². The van der Waals surface area contributed by atoms with Crippen LogP contribution in [0.25, 0.3) is 0 Å². The molecule has 2 unspecified atom stereocenters. The minimum atomic E-state index is -0.379. The molecule has 3 nitrogen and oxygen atoms in total. The van der Waals surface area contributed by atoms with Crippen LogP contribution in [-0.2, 0) is 14.3 Å². The first-order valence-electron chi connectivity index (χ1n) is 4.65. The Morgan fingerprint density at radius 3 is 2.93 bits per heavy atom. The van der Waals surface area contributed by atoms with Crippen LogP contribution in [0.4, 0.5) is 0 Å². The van der Waals surface area contributed by atoms with Gasteiger partial charge in [-0.15, -0.1) is 0 Å². The molecule has 1 aliphatic carbocycles. The van der Waals surface area contributed by atoms with E-state index in [-0.39, 0.29) is 23.8 Å². The number of esters is 1. The predicted molar refractivity (Wildman–Crippen MR) is 52.6 cm³/mol. The molecular formula is C11H14O3. The molecule has 0 bridgehead atoms. The van der Waals surface area contributed by atoms with Gasteiger partial charge < -0.3 is 4.74 Å². The van der Waals surface area contributed by atoms with Crippen LogP contribution in [0, 0.1) is 5.92 Å². The number of hydrogen-bond acceptors (Lipinski definition) is 3. The summed E-state index contributed by atoms with van der Waals surface area (Å²) >= 11 is 0. The van der Waals surface area contributed by atoms with E-state index in [1.807, 2.05) is 19.1 Å². The Balaban J connectivity index is 2.60. The standard InChI is InChI=1S/C11H14O3/c1-3-4-5-9-10(13)6-7-11(9)14-8(2)12/h3-4,6-7,9,11H,5H2,1-2H3/b4-3-. The predicted octanol–water partition coefficient (Wildman–Crippen LogP) is 1.64. The summed E-state index contributed by atoms with van der Waals surface area (Å²) in [4.78, 5) is 22.1. The third-order valence-corrected chi connectivity index (χ3v) is 2.14. The quantitative estimate of drug-likeness (QED) is 0.506. The zero-order valence-electron chi connectivity index (χ0n) is 8.40. The van der Waals surface area contributed by atoms with E-state index >= 15 is 0 Å². The van der Waals surface area contributed by atoms with E-state index in [1.54, 1.807) is 6.08 Å². The van der Waals surface area contributed by atoms with Crippen molar-refractivity contribution >= 4 is 11.8 Å². The fraction of sp³-hybridized carbons (Fsp3) is 0.455. The summed E-state index contributed by atoms with van der Waals surface area (Å²) in [6.07, 6.45) is 7.18. The van der Waals surface area contributed by atoms with Gasteiger partial charge in [-0.1, -0.05) is 12.2 Å². The molecule has 0 aromatic carbocycles. The Labute approximate surface area is 83.4 Å². The van der Waals surface area contributed by atoms with E-state index in [2.05, 4.69) is 0 Å². The number of ether oxygens (including phenoxy) is 1. The van der Waals surface area contributed by atoms with Crippen LogP contribution in [0.3, 0.4) is 0 Å². The first-order chi connectivity index (χ1) is 6.65. The summed E-state index contributed by atoms with van der Waals surface area (Å²) in [6.45, 7) is 3.25. The van der Waals surface area contributed by atoms with Gasteiger partial charge in [-0.05, 0) is 25.5 Å². The van der Waals surface area contributed by atoms with Crippen molar-refractivity contribution < 1.29 is 14.3 Å². The van der Waals surface area contributed by atoms with E-state index in [9.17, 15) is 9.59 Å². The number of rotatable bonds is 3. The van der Waals surface area contributed by atoms with Crippen LogP contribution in [0.5, 0.6) is 0 Å². The fourth-order valence-electron chi connectivity index (χ4n) is 1.46. The SMILES string of the molecule is C/C=C\CC1C(=O)C=CC1OC(C)=O. The molecule has 0 N–H and O–H groups in total. The van der Waals surface area contributed by atoms with E-state index in [0.717, 1.165) is 0 Å². The summed E-state index contributed by atoms with van der Waals surface area (Å²) < 4.78 is 5.01.